The Morgan fingerprint density at radius 2 is 1.70 bits per heavy atom. The third-order valence-corrected chi connectivity index (χ3v) is 5.75. The second kappa shape index (κ2) is 10.9. The first-order valence-electron chi connectivity index (χ1n) is 9.40. The molecule has 2 rings (SSSR count). The molecule has 2 N–H and O–H groups in total. The van der Waals surface area contributed by atoms with Gasteiger partial charge in [-0.25, -0.2) is 8.42 Å². The molecule has 0 aliphatic carbocycles. The van der Waals surface area contributed by atoms with Gasteiger partial charge < -0.3 is 15.4 Å². The van der Waals surface area contributed by atoms with E-state index in [1.54, 1.807) is 61.7 Å². The molecule has 0 bridgehead atoms. The van der Waals surface area contributed by atoms with E-state index >= 15 is 0 Å². The molecule has 8 nitrogen and oxygen atoms in total. The van der Waals surface area contributed by atoms with Gasteiger partial charge >= 0.3 is 0 Å². The number of methoxy groups -OCH3 is 1. The van der Waals surface area contributed by atoms with Crippen LogP contribution in [0.3, 0.4) is 0 Å². The quantitative estimate of drug-likeness (QED) is 0.558. The molecule has 0 saturated heterocycles. The molecule has 0 aromatic heterocycles. The predicted molar refractivity (Wildman–Crippen MR) is 116 cm³/mol. The van der Waals surface area contributed by atoms with Gasteiger partial charge in [0.05, 0.1) is 17.5 Å². The second-order valence-corrected chi connectivity index (χ2v) is 8.77. The Morgan fingerprint density at radius 1 is 1.07 bits per heavy atom. The van der Waals surface area contributed by atoms with Crippen LogP contribution in [-0.2, 0) is 19.6 Å². The summed E-state index contributed by atoms with van der Waals surface area (Å²) in [4.78, 5) is 25.6. The number of benzene rings is 2. The largest absolute Gasteiger partial charge is 0.385 e. The van der Waals surface area contributed by atoms with Gasteiger partial charge in [-0.3, -0.25) is 9.59 Å². The topological polar surface area (TPSA) is 105 Å². The van der Waals surface area contributed by atoms with Crippen LogP contribution in [0.1, 0.15) is 28.4 Å². The Hall–Kier alpha value is -2.75. The molecule has 0 aliphatic rings. The number of carbonyl (C=O) groups is 2. The van der Waals surface area contributed by atoms with Gasteiger partial charge in [0.1, 0.15) is 6.04 Å². The van der Waals surface area contributed by atoms with Crippen molar-refractivity contribution in [1.29, 1.82) is 0 Å². The maximum absolute atomic E-state index is 13.1. The fourth-order valence-electron chi connectivity index (χ4n) is 2.86. The van der Waals surface area contributed by atoms with E-state index in [0.717, 1.165) is 10.6 Å². The SMILES string of the molecule is COCCCNC(=O)c1ccccc1NC(=O)[C@@H](c1ccccc1)N(C)S(C)(=O)=O. The average Bonchev–Trinajstić information content (AvgIpc) is 2.71. The highest BCUT2D eigenvalue weighted by atomic mass is 32.2. The summed E-state index contributed by atoms with van der Waals surface area (Å²) in [7, 11) is -0.715. The van der Waals surface area contributed by atoms with Gasteiger partial charge in [-0.05, 0) is 24.1 Å². The Balaban J connectivity index is 2.27. The van der Waals surface area contributed by atoms with Crippen LogP contribution in [0, 0.1) is 0 Å². The van der Waals surface area contributed by atoms with Crippen molar-refractivity contribution < 1.29 is 22.7 Å². The van der Waals surface area contributed by atoms with Gasteiger partial charge in [0.25, 0.3) is 5.91 Å². The van der Waals surface area contributed by atoms with Crippen molar-refractivity contribution in [3.8, 4) is 0 Å². The molecule has 1 atom stereocenters. The van der Waals surface area contributed by atoms with Crippen LogP contribution < -0.4 is 10.6 Å². The number of hydrogen-bond acceptors (Lipinski definition) is 5. The molecular weight excluding hydrogens is 406 g/mol. The van der Waals surface area contributed by atoms with Crippen molar-refractivity contribution in [2.45, 2.75) is 12.5 Å². The highest BCUT2D eigenvalue weighted by Crippen LogP contribution is 2.25. The number of hydrogen-bond donors (Lipinski definition) is 2. The molecule has 2 aromatic rings. The van der Waals surface area contributed by atoms with E-state index in [9.17, 15) is 18.0 Å². The molecule has 0 fully saturated rings. The molecule has 0 heterocycles. The lowest BCUT2D eigenvalue weighted by atomic mass is 10.1. The molecule has 9 heteroatoms. The van der Waals surface area contributed by atoms with Gasteiger partial charge in [-0.2, -0.15) is 4.31 Å². The highest BCUT2D eigenvalue weighted by molar-refractivity contribution is 7.88. The number of anilines is 1. The summed E-state index contributed by atoms with van der Waals surface area (Å²) < 4.78 is 30.2. The van der Waals surface area contributed by atoms with Gasteiger partial charge in [0.2, 0.25) is 15.9 Å². The third-order valence-electron chi connectivity index (χ3n) is 4.49. The van der Waals surface area contributed by atoms with Gasteiger partial charge in [0, 0.05) is 27.3 Å². The van der Waals surface area contributed by atoms with E-state index in [0.29, 0.717) is 30.8 Å². The summed E-state index contributed by atoms with van der Waals surface area (Å²) in [6.45, 7) is 0.952. The van der Waals surface area contributed by atoms with Crippen LogP contribution in [0.4, 0.5) is 5.69 Å². The van der Waals surface area contributed by atoms with Crippen molar-refractivity contribution in [3.63, 3.8) is 0 Å². The van der Waals surface area contributed by atoms with E-state index < -0.39 is 22.0 Å². The molecule has 0 saturated carbocycles. The zero-order valence-electron chi connectivity index (χ0n) is 17.3. The van der Waals surface area contributed by atoms with Crippen LogP contribution in [0.15, 0.2) is 54.6 Å². The smallest absolute Gasteiger partial charge is 0.253 e. The fourth-order valence-corrected chi connectivity index (χ4v) is 3.46. The molecule has 2 amide bonds. The third kappa shape index (κ3) is 6.38. The molecule has 0 spiro atoms. The minimum Gasteiger partial charge on any atom is -0.385 e. The van der Waals surface area contributed by atoms with Gasteiger partial charge in [-0.1, -0.05) is 42.5 Å². The molecule has 0 aliphatic heterocycles. The summed E-state index contributed by atoms with van der Waals surface area (Å²) in [5.74, 6) is -0.900. The minimum atomic E-state index is -3.65. The summed E-state index contributed by atoms with van der Waals surface area (Å²) in [6, 6.07) is 14.1. The zero-order chi connectivity index (χ0) is 22.1. The number of ether oxygens (including phenoxy) is 1. The normalized spacial score (nSPS) is 12.4. The first kappa shape index (κ1) is 23.5. The lowest BCUT2D eigenvalue weighted by Crippen LogP contribution is -2.38. The number of para-hydroxylation sites is 1. The Morgan fingerprint density at radius 3 is 2.33 bits per heavy atom. The number of rotatable bonds is 10. The van der Waals surface area contributed by atoms with Gasteiger partial charge in [-0.15, -0.1) is 0 Å². The molecule has 0 radical (unpaired) electrons. The lowest BCUT2D eigenvalue weighted by molar-refractivity contribution is -0.119. The van der Waals surface area contributed by atoms with E-state index in [1.165, 1.54) is 7.05 Å². The van der Waals surface area contributed by atoms with Crippen molar-refractivity contribution in [2.24, 2.45) is 0 Å². The summed E-state index contributed by atoms with van der Waals surface area (Å²) in [6.07, 6.45) is 1.70. The standard InChI is InChI=1S/C21H27N3O5S/c1-24(30(3,27)28)19(16-10-5-4-6-11-16)21(26)23-18-13-8-7-12-17(18)20(25)22-14-9-15-29-2/h4-8,10-13,19H,9,14-15H2,1-3H3,(H,22,25)(H,23,26)/t19-/m1/s1. The molecular formula is C21H27N3O5S. The highest BCUT2D eigenvalue weighted by Gasteiger charge is 2.31. The Labute approximate surface area is 177 Å². The van der Waals surface area contributed by atoms with Crippen molar-refractivity contribution in [2.75, 3.05) is 38.9 Å². The van der Waals surface area contributed by atoms with E-state index in [-0.39, 0.29) is 11.5 Å². The molecule has 162 valence electrons. The summed E-state index contributed by atoms with van der Waals surface area (Å²) in [5.41, 5.74) is 1.11. The molecule has 30 heavy (non-hydrogen) atoms. The first-order valence-corrected chi connectivity index (χ1v) is 11.3. The van der Waals surface area contributed by atoms with Crippen LogP contribution >= 0.6 is 0 Å². The number of nitrogens with zero attached hydrogens (tertiary/aromatic N) is 1. The minimum absolute atomic E-state index is 0.289. The Kier molecular flexibility index (Phi) is 8.52. The Bertz CT molecular complexity index is 964. The predicted octanol–water partition coefficient (Wildman–Crippen LogP) is 2.02. The maximum atomic E-state index is 13.1. The van der Waals surface area contributed by atoms with Crippen LogP contribution in [0.2, 0.25) is 0 Å². The van der Waals surface area contributed by atoms with Crippen LogP contribution in [-0.4, -0.2) is 58.1 Å². The number of nitrogens with one attached hydrogen (secondary N) is 2. The van der Waals surface area contributed by atoms with Crippen molar-refractivity contribution in [3.05, 3.63) is 65.7 Å². The average molecular weight is 434 g/mol. The van der Waals surface area contributed by atoms with Crippen LogP contribution in [0.25, 0.3) is 0 Å². The zero-order valence-corrected chi connectivity index (χ0v) is 18.1. The fraction of sp³-hybridized carbons (Fsp3) is 0.333. The maximum Gasteiger partial charge on any atom is 0.253 e. The molecule has 2 aromatic carbocycles. The first-order chi connectivity index (χ1) is 14.3. The van der Waals surface area contributed by atoms with Crippen LogP contribution in [0.5, 0.6) is 0 Å². The number of likely N-dealkylation sites (N-methyl/N-ethyl adjacent to an activating group) is 1. The van der Waals surface area contributed by atoms with E-state index in [2.05, 4.69) is 10.6 Å². The second-order valence-electron chi connectivity index (χ2n) is 6.73. The van der Waals surface area contributed by atoms with E-state index in [1.807, 2.05) is 0 Å². The lowest BCUT2D eigenvalue weighted by Gasteiger charge is -2.26. The number of amides is 2. The van der Waals surface area contributed by atoms with Gasteiger partial charge in [0.15, 0.2) is 0 Å². The van der Waals surface area contributed by atoms with Crippen molar-refractivity contribution >= 4 is 27.5 Å². The molecule has 0 unspecified atom stereocenters. The summed E-state index contributed by atoms with van der Waals surface area (Å²) >= 11 is 0. The van der Waals surface area contributed by atoms with E-state index in [4.69, 9.17) is 4.74 Å². The number of carbonyl (C=O) groups excluding carboxylic acids is 2. The van der Waals surface area contributed by atoms with Crippen molar-refractivity contribution in [1.82, 2.24) is 9.62 Å². The monoisotopic (exact) mass is 433 g/mol. The number of sulfonamides is 1. The summed E-state index contributed by atoms with van der Waals surface area (Å²) in [5, 5.41) is 5.49.